The van der Waals surface area contributed by atoms with Gasteiger partial charge in [0, 0.05) is 4.88 Å². The molecule has 0 aliphatic rings. The standard InChI is InChI=1S/C17H20N2O3S/c1-3-12-6-8-13(9-7-12)16(14-5-4-10-23-14)18-11-15(20)19-17(21)22-2/h4-10,16,18H,3,11H2,1-2H3,(H,19,20,21)/t16-/m0/s1. The lowest BCUT2D eigenvalue weighted by atomic mass is 10.0. The van der Waals surface area contributed by atoms with Gasteiger partial charge in [-0.2, -0.15) is 0 Å². The molecule has 0 fully saturated rings. The van der Waals surface area contributed by atoms with Gasteiger partial charge in [-0.1, -0.05) is 37.3 Å². The minimum atomic E-state index is -0.753. The molecule has 1 aromatic carbocycles. The Labute approximate surface area is 139 Å². The van der Waals surface area contributed by atoms with Crippen LogP contribution in [0.1, 0.15) is 29.0 Å². The highest BCUT2D eigenvalue weighted by Gasteiger charge is 2.17. The second kappa shape index (κ2) is 8.45. The fraction of sp³-hybridized carbons (Fsp3) is 0.294. The minimum absolute atomic E-state index is 0.0210. The SMILES string of the molecule is CCc1ccc([C@H](NCC(=O)NC(=O)OC)c2cccs2)cc1. The van der Waals surface area contributed by atoms with Crippen molar-refractivity contribution in [2.24, 2.45) is 0 Å². The van der Waals surface area contributed by atoms with E-state index in [2.05, 4.69) is 46.6 Å². The number of carbonyl (C=O) groups excluding carboxylic acids is 2. The highest BCUT2D eigenvalue weighted by atomic mass is 32.1. The number of hydrogen-bond acceptors (Lipinski definition) is 5. The van der Waals surface area contributed by atoms with Crippen molar-refractivity contribution in [3.63, 3.8) is 0 Å². The summed E-state index contributed by atoms with van der Waals surface area (Å²) in [5.74, 6) is -0.427. The van der Waals surface area contributed by atoms with Gasteiger partial charge in [-0.25, -0.2) is 4.79 Å². The number of amides is 2. The predicted octanol–water partition coefficient (Wildman–Crippen LogP) is 2.87. The third-order valence-electron chi connectivity index (χ3n) is 3.44. The molecule has 0 spiro atoms. The van der Waals surface area contributed by atoms with E-state index in [0.717, 1.165) is 16.9 Å². The molecular formula is C17H20N2O3S. The number of methoxy groups -OCH3 is 1. The number of imide groups is 1. The number of benzene rings is 1. The van der Waals surface area contributed by atoms with E-state index in [1.165, 1.54) is 12.7 Å². The number of nitrogens with one attached hydrogen (secondary N) is 2. The van der Waals surface area contributed by atoms with Crippen molar-refractivity contribution in [1.29, 1.82) is 0 Å². The topological polar surface area (TPSA) is 67.4 Å². The van der Waals surface area contributed by atoms with Crippen LogP contribution in [0.25, 0.3) is 0 Å². The zero-order chi connectivity index (χ0) is 16.7. The lowest BCUT2D eigenvalue weighted by molar-refractivity contribution is -0.119. The van der Waals surface area contributed by atoms with Gasteiger partial charge in [0.2, 0.25) is 5.91 Å². The van der Waals surface area contributed by atoms with Crippen LogP contribution in [0.3, 0.4) is 0 Å². The lowest BCUT2D eigenvalue weighted by Gasteiger charge is -2.18. The fourth-order valence-electron chi connectivity index (χ4n) is 2.19. The average Bonchev–Trinajstić information content (AvgIpc) is 3.09. The molecule has 0 unspecified atom stereocenters. The van der Waals surface area contributed by atoms with E-state index < -0.39 is 12.0 Å². The molecule has 5 nitrogen and oxygen atoms in total. The predicted molar refractivity (Wildman–Crippen MR) is 90.5 cm³/mol. The summed E-state index contributed by atoms with van der Waals surface area (Å²) < 4.78 is 4.41. The Morgan fingerprint density at radius 2 is 1.96 bits per heavy atom. The number of ether oxygens (including phenoxy) is 1. The van der Waals surface area contributed by atoms with E-state index in [9.17, 15) is 9.59 Å². The Hall–Kier alpha value is -2.18. The molecular weight excluding hydrogens is 312 g/mol. The largest absolute Gasteiger partial charge is 0.453 e. The van der Waals surface area contributed by atoms with Crippen molar-refractivity contribution in [2.45, 2.75) is 19.4 Å². The fourth-order valence-corrected chi connectivity index (χ4v) is 3.01. The molecule has 2 aromatic rings. The molecule has 0 saturated carbocycles. The third kappa shape index (κ3) is 4.91. The number of hydrogen-bond donors (Lipinski definition) is 2. The molecule has 1 aromatic heterocycles. The van der Waals surface area contributed by atoms with Crippen molar-refractivity contribution >= 4 is 23.3 Å². The van der Waals surface area contributed by atoms with Crippen molar-refractivity contribution in [3.05, 3.63) is 57.8 Å². The van der Waals surface area contributed by atoms with E-state index in [1.807, 2.05) is 17.5 Å². The summed E-state index contributed by atoms with van der Waals surface area (Å²) in [5.41, 5.74) is 2.35. The maximum atomic E-state index is 11.7. The molecule has 6 heteroatoms. The minimum Gasteiger partial charge on any atom is -0.453 e. The van der Waals surface area contributed by atoms with E-state index >= 15 is 0 Å². The molecule has 23 heavy (non-hydrogen) atoms. The first-order chi connectivity index (χ1) is 11.1. The molecule has 2 rings (SSSR count). The summed E-state index contributed by atoms with van der Waals surface area (Å²) >= 11 is 1.62. The van der Waals surface area contributed by atoms with Gasteiger partial charge in [-0.3, -0.25) is 15.4 Å². The van der Waals surface area contributed by atoms with Crippen LogP contribution in [0.15, 0.2) is 41.8 Å². The number of thiophene rings is 1. The highest BCUT2D eigenvalue weighted by molar-refractivity contribution is 7.10. The van der Waals surface area contributed by atoms with Crippen LogP contribution in [0, 0.1) is 0 Å². The average molecular weight is 332 g/mol. The summed E-state index contributed by atoms with van der Waals surface area (Å²) in [6.45, 7) is 2.13. The summed E-state index contributed by atoms with van der Waals surface area (Å²) in [4.78, 5) is 23.9. The van der Waals surface area contributed by atoms with Crippen LogP contribution in [-0.4, -0.2) is 25.7 Å². The summed E-state index contributed by atoms with van der Waals surface area (Å²) in [6.07, 6.45) is 0.232. The molecule has 122 valence electrons. The van der Waals surface area contributed by atoms with Crippen LogP contribution in [-0.2, 0) is 16.0 Å². The highest BCUT2D eigenvalue weighted by Crippen LogP contribution is 2.26. The normalized spacial score (nSPS) is 11.7. The first-order valence-electron chi connectivity index (χ1n) is 7.37. The molecule has 2 amide bonds. The monoisotopic (exact) mass is 332 g/mol. The van der Waals surface area contributed by atoms with Crippen LogP contribution in [0.5, 0.6) is 0 Å². The molecule has 0 bridgehead atoms. The first-order valence-corrected chi connectivity index (χ1v) is 8.25. The Morgan fingerprint density at radius 1 is 1.22 bits per heavy atom. The van der Waals surface area contributed by atoms with Gasteiger partial charge in [0.05, 0.1) is 19.7 Å². The first kappa shape index (κ1) is 17.2. The Kier molecular flexibility index (Phi) is 6.31. The summed E-state index contributed by atoms with van der Waals surface area (Å²) in [7, 11) is 1.22. The smallest absolute Gasteiger partial charge is 0.413 e. The molecule has 0 radical (unpaired) electrons. The molecule has 0 saturated heterocycles. The molecule has 1 atom stereocenters. The zero-order valence-electron chi connectivity index (χ0n) is 13.2. The number of alkyl carbamates (subject to hydrolysis) is 1. The maximum Gasteiger partial charge on any atom is 0.413 e. The Bertz CT molecular complexity index is 638. The molecule has 0 aliphatic heterocycles. The van der Waals surface area contributed by atoms with Gasteiger partial charge in [-0.05, 0) is 29.0 Å². The van der Waals surface area contributed by atoms with Gasteiger partial charge in [-0.15, -0.1) is 11.3 Å². The summed E-state index contributed by atoms with van der Waals surface area (Å²) in [5, 5.41) is 7.34. The maximum absolute atomic E-state index is 11.7. The zero-order valence-corrected chi connectivity index (χ0v) is 14.0. The van der Waals surface area contributed by atoms with E-state index in [4.69, 9.17) is 0 Å². The molecule has 2 N–H and O–H groups in total. The lowest BCUT2D eigenvalue weighted by Crippen LogP contribution is -2.39. The van der Waals surface area contributed by atoms with Crippen LogP contribution in [0.4, 0.5) is 4.79 Å². The summed E-state index contributed by atoms with van der Waals surface area (Å²) in [6, 6.07) is 12.2. The second-order valence-electron chi connectivity index (χ2n) is 4.96. The van der Waals surface area contributed by atoms with Crippen molar-refractivity contribution < 1.29 is 14.3 Å². The van der Waals surface area contributed by atoms with Crippen molar-refractivity contribution in [3.8, 4) is 0 Å². The Morgan fingerprint density at radius 3 is 2.52 bits per heavy atom. The van der Waals surface area contributed by atoms with Crippen molar-refractivity contribution in [2.75, 3.05) is 13.7 Å². The van der Waals surface area contributed by atoms with Gasteiger partial charge in [0.1, 0.15) is 0 Å². The van der Waals surface area contributed by atoms with Gasteiger partial charge in [0.25, 0.3) is 0 Å². The van der Waals surface area contributed by atoms with E-state index in [-0.39, 0.29) is 12.6 Å². The molecule has 0 aliphatic carbocycles. The number of aryl methyl sites for hydroxylation is 1. The number of rotatable bonds is 6. The van der Waals surface area contributed by atoms with Crippen LogP contribution >= 0.6 is 11.3 Å². The van der Waals surface area contributed by atoms with Crippen LogP contribution in [0.2, 0.25) is 0 Å². The third-order valence-corrected chi connectivity index (χ3v) is 4.38. The van der Waals surface area contributed by atoms with E-state index in [1.54, 1.807) is 11.3 Å². The van der Waals surface area contributed by atoms with Crippen LogP contribution < -0.4 is 10.6 Å². The Balaban J connectivity index is 2.09. The van der Waals surface area contributed by atoms with E-state index in [0.29, 0.717) is 0 Å². The van der Waals surface area contributed by atoms with Crippen molar-refractivity contribution in [1.82, 2.24) is 10.6 Å². The van der Waals surface area contributed by atoms with Gasteiger partial charge < -0.3 is 4.74 Å². The number of carbonyl (C=O) groups is 2. The quantitative estimate of drug-likeness (QED) is 0.853. The molecule has 1 heterocycles. The van der Waals surface area contributed by atoms with Gasteiger partial charge in [0.15, 0.2) is 0 Å². The second-order valence-corrected chi connectivity index (χ2v) is 5.94. The van der Waals surface area contributed by atoms with Gasteiger partial charge >= 0.3 is 6.09 Å².